The molecule has 154 valence electrons. The minimum absolute atomic E-state index is 0. The van der Waals surface area contributed by atoms with Crippen LogP contribution in [-0.2, 0) is 15.6 Å². The highest BCUT2D eigenvalue weighted by Gasteiger charge is 2.22. The molecule has 0 aliphatic carbocycles. The number of benzene rings is 2. The zero-order valence-electron chi connectivity index (χ0n) is 16.8. The fraction of sp³-hybridized carbons (Fsp3) is 0.381. The molecule has 7 heteroatoms. The third-order valence-corrected chi connectivity index (χ3v) is 6.21. The maximum absolute atomic E-state index is 12.6. The van der Waals surface area contributed by atoms with Crippen LogP contribution in [0.2, 0.25) is 0 Å². The molecule has 0 radical (unpaired) electrons. The zero-order chi connectivity index (χ0) is 20.2. The molecule has 0 heterocycles. The van der Waals surface area contributed by atoms with E-state index in [9.17, 15) is 13.2 Å². The number of nitrogens with zero attached hydrogens (tertiary/aromatic N) is 1. The molecule has 0 saturated heterocycles. The van der Waals surface area contributed by atoms with Gasteiger partial charge in [0.2, 0.25) is 0 Å². The van der Waals surface area contributed by atoms with Gasteiger partial charge in [-0.1, -0.05) is 43.7 Å². The predicted molar refractivity (Wildman–Crippen MR) is 116 cm³/mol. The Morgan fingerprint density at radius 3 is 2.07 bits per heavy atom. The molecule has 2 aromatic carbocycles. The molecule has 0 aliphatic heterocycles. The van der Waals surface area contributed by atoms with E-state index in [2.05, 4.69) is 0 Å². The lowest BCUT2D eigenvalue weighted by Gasteiger charge is -2.29. The second-order valence-electron chi connectivity index (χ2n) is 7.80. The summed E-state index contributed by atoms with van der Waals surface area (Å²) in [5.41, 5.74) is 7.77. The molecule has 2 N–H and O–H groups in total. The predicted octanol–water partition coefficient (Wildman–Crippen LogP) is 3.45. The van der Waals surface area contributed by atoms with E-state index in [-0.39, 0.29) is 29.5 Å². The van der Waals surface area contributed by atoms with Crippen molar-refractivity contribution in [2.45, 2.75) is 31.4 Å². The third kappa shape index (κ3) is 6.33. The van der Waals surface area contributed by atoms with Crippen LogP contribution in [0.4, 0.5) is 0 Å². The Morgan fingerprint density at radius 1 is 1.04 bits per heavy atom. The fourth-order valence-electron chi connectivity index (χ4n) is 2.79. The lowest BCUT2D eigenvalue weighted by Crippen LogP contribution is -2.39. The van der Waals surface area contributed by atoms with Gasteiger partial charge in [-0.15, -0.1) is 12.4 Å². The Balaban J connectivity index is 0.00000392. The lowest BCUT2D eigenvalue weighted by molar-refractivity contribution is 0.0740. The molecule has 1 amide bonds. The molecular formula is C21H29ClN2O3S. The summed E-state index contributed by atoms with van der Waals surface area (Å²) >= 11 is 0. The van der Waals surface area contributed by atoms with Gasteiger partial charge < -0.3 is 10.6 Å². The van der Waals surface area contributed by atoms with Gasteiger partial charge in [0.05, 0.1) is 10.6 Å². The summed E-state index contributed by atoms with van der Waals surface area (Å²) in [6, 6.07) is 13.6. The Bertz CT molecular complexity index is 892. The third-order valence-electron chi connectivity index (χ3n) is 4.50. The quantitative estimate of drug-likeness (QED) is 0.738. The number of carbonyl (C=O) groups excluding carboxylic acids is 1. The van der Waals surface area contributed by atoms with Crippen molar-refractivity contribution in [1.82, 2.24) is 4.90 Å². The van der Waals surface area contributed by atoms with Crippen LogP contribution in [-0.4, -0.2) is 39.4 Å². The summed E-state index contributed by atoms with van der Waals surface area (Å²) in [6.07, 6.45) is 0. The summed E-state index contributed by atoms with van der Waals surface area (Å²) in [4.78, 5) is 14.5. The molecule has 28 heavy (non-hydrogen) atoms. The van der Waals surface area contributed by atoms with Gasteiger partial charge in [0.15, 0.2) is 9.84 Å². The molecule has 0 aliphatic rings. The van der Waals surface area contributed by atoms with Crippen LogP contribution in [0.15, 0.2) is 53.4 Å². The second-order valence-corrected chi connectivity index (χ2v) is 9.79. The normalized spacial score (nSPS) is 11.6. The summed E-state index contributed by atoms with van der Waals surface area (Å²) in [5.74, 6) is -0.204. The van der Waals surface area contributed by atoms with Gasteiger partial charge in [-0.05, 0) is 48.7 Å². The van der Waals surface area contributed by atoms with Gasteiger partial charge in [0.25, 0.3) is 5.91 Å². The number of carbonyl (C=O) groups is 1. The number of halogens is 1. The van der Waals surface area contributed by atoms with E-state index >= 15 is 0 Å². The first-order chi connectivity index (χ1) is 12.5. The highest BCUT2D eigenvalue weighted by atomic mass is 35.5. The number of nitrogens with two attached hydrogens (primary N) is 1. The first-order valence-electron chi connectivity index (χ1n) is 8.88. The highest BCUT2D eigenvalue weighted by Crippen LogP contribution is 2.19. The van der Waals surface area contributed by atoms with Crippen LogP contribution in [0.25, 0.3) is 0 Å². The summed E-state index contributed by atoms with van der Waals surface area (Å²) in [6.45, 7) is 6.97. The number of sulfone groups is 1. The van der Waals surface area contributed by atoms with Crippen molar-refractivity contribution in [1.29, 1.82) is 0 Å². The number of hydrogen-bond acceptors (Lipinski definition) is 4. The molecule has 0 bridgehead atoms. The number of aryl methyl sites for hydroxylation is 1. The van der Waals surface area contributed by atoms with E-state index in [1.165, 1.54) is 0 Å². The van der Waals surface area contributed by atoms with Gasteiger partial charge in [-0.3, -0.25) is 4.79 Å². The lowest BCUT2D eigenvalue weighted by atomic mass is 9.93. The topological polar surface area (TPSA) is 80.5 Å². The molecule has 2 aromatic rings. The fourth-order valence-corrected chi connectivity index (χ4v) is 4.14. The number of amides is 1. The highest BCUT2D eigenvalue weighted by molar-refractivity contribution is 7.90. The van der Waals surface area contributed by atoms with Crippen LogP contribution >= 0.6 is 12.4 Å². The monoisotopic (exact) mass is 424 g/mol. The van der Waals surface area contributed by atoms with Crippen molar-refractivity contribution in [3.63, 3.8) is 0 Å². The summed E-state index contributed by atoms with van der Waals surface area (Å²) in [7, 11) is -1.67. The van der Waals surface area contributed by atoms with Crippen molar-refractivity contribution in [2.75, 3.05) is 20.1 Å². The molecule has 5 nitrogen and oxygen atoms in total. The van der Waals surface area contributed by atoms with Crippen LogP contribution in [0.5, 0.6) is 0 Å². The Hall–Kier alpha value is -1.89. The van der Waals surface area contributed by atoms with Gasteiger partial charge in [-0.2, -0.15) is 0 Å². The molecule has 0 atom stereocenters. The Labute approximate surface area is 174 Å². The summed E-state index contributed by atoms with van der Waals surface area (Å²) < 4.78 is 25.1. The smallest absolute Gasteiger partial charge is 0.253 e. The van der Waals surface area contributed by atoms with Gasteiger partial charge in [0.1, 0.15) is 0 Å². The Kier molecular flexibility index (Phi) is 8.23. The largest absolute Gasteiger partial charge is 0.341 e. The van der Waals surface area contributed by atoms with Gasteiger partial charge in [0, 0.05) is 19.2 Å². The minimum atomic E-state index is -3.42. The van der Waals surface area contributed by atoms with E-state index in [1.807, 2.05) is 20.8 Å². The SMILES string of the molecule is Cc1ccc(S(=O)(=O)Cc2ccc(C(=O)N(C)CC(C)(C)CN)cc2)cc1.Cl. The van der Waals surface area contributed by atoms with Crippen molar-refractivity contribution in [2.24, 2.45) is 11.1 Å². The van der Waals surface area contributed by atoms with E-state index < -0.39 is 9.84 Å². The zero-order valence-corrected chi connectivity index (χ0v) is 18.4. The van der Waals surface area contributed by atoms with Crippen molar-refractivity contribution < 1.29 is 13.2 Å². The molecule has 2 rings (SSSR count). The van der Waals surface area contributed by atoms with E-state index in [1.54, 1.807) is 60.5 Å². The van der Waals surface area contributed by atoms with Crippen LogP contribution in [0, 0.1) is 12.3 Å². The van der Waals surface area contributed by atoms with Gasteiger partial charge in [-0.25, -0.2) is 8.42 Å². The maximum Gasteiger partial charge on any atom is 0.253 e. The van der Waals surface area contributed by atoms with Crippen LogP contribution < -0.4 is 5.73 Å². The average Bonchev–Trinajstić information content (AvgIpc) is 2.61. The van der Waals surface area contributed by atoms with Crippen molar-refractivity contribution in [3.8, 4) is 0 Å². The standard InChI is InChI=1S/C21H28N2O3S.ClH/c1-16-5-11-19(12-6-16)27(25,26)13-17-7-9-18(10-8-17)20(24)23(4)15-21(2,3)14-22;/h5-12H,13-15,22H2,1-4H3;1H. The molecule has 0 spiro atoms. The van der Waals surface area contributed by atoms with E-state index in [0.29, 0.717) is 29.1 Å². The molecule has 0 saturated carbocycles. The Morgan fingerprint density at radius 2 is 1.57 bits per heavy atom. The van der Waals surface area contributed by atoms with E-state index in [4.69, 9.17) is 5.73 Å². The van der Waals surface area contributed by atoms with Crippen molar-refractivity contribution >= 4 is 28.2 Å². The molecule has 0 aromatic heterocycles. The second kappa shape index (κ2) is 9.54. The molecular weight excluding hydrogens is 396 g/mol. The number of hydrogen-bond donors (Lipinski definition) is 1. The first-order valence-corrected chi connectivity index (χ1v) is 10.5. The van der Waals surface area contributed by atoms with Crippen molar-refractivity contribution in [3.05, 3.63) is 65.2 Å². The molecule has 0 unspecified atom stereocenters. The molecule has 0 fully saturated rings. The minimum Gasteiger partial charge on any atom is -0.341 e. The summed E-state index contributed by atoms with van der Waals surface area (Å²) in [5, 5.41) is 0. The number of rotatable bonds is 7. The average molecular weight is 425 g/mol. The van der Waals surface area contributed by atoms with Crippen LogP contribution in [0.3, 0.4) is 0 Å². The van der Waals surface area contributed by atoms with Crippen LogP contribution in [0.1, 0.15) is 35.3 Å². The van der Waals surface area contributed by atoms with Gasteiger partial charge >= 0.3 is 0 Å². The van der Waals surface area contributed by atoms with E-state index in [0.717, 1.165) is 5.56 Å². The maximum atomic E-state index is 12.6. The first kappa shape index (κ1) is 24.1.